The van der Waals surface area contributed by atoms with E-state index in [1.54, 1.807) is 66.5 Å². The van der Waals surface area contributed by atoms with Crippen LogP contribution in [0.15, 0.2) is 83.8 Å². The van der Waals surface area contributed by atoms with E-state index in [1.165, 1.54) is 4.31 Å². The highest BCUT2D eigenvalue weighted by atomic mass is 32.2. The maximum absolute atomic E-state index is 13.4. The number of anilines is 1. The molecular formula is C24H24N2O4S. The molecule has 6 nitrogen and oxygen atoms in total. The van der Waals surface area contributed by atoms with Crippen LogP contribution in [0.1, 0.15) is 11.1 Å². The lowest BCUT2D eigenvalue weighted by atomic mass is 10.1. The van der Waals surface area contributed by atoms with Gasteiger partial charge < -0.3 is 9.64 Å². The molecule has 7 heteroatoms. The van der Waals surface area contributed by atoms with Crippen LogP contribution in [0, 0.1) is 6.92 Å². The summed E-state index contributed by atoms with van der Waals surface area (Å²) in [6.45, 7) is 2.32. The lowest BCUT2D eigenvalue weighted by Crippen LogP contribution is -2.50. The van der Waals surface area contributed by atoms with E-state index in [9.17, 15) is 13.2 Å². The van der Waals surface area contributed by atoms with E-state index >= 15 is 0 Å². The maximum atomic E-state index is 13.4. The van der Waals surface area contributed by atoms with Gasteiger partial charge in [0.05, 0.1) is 17.1 Å². The van der Waals surface area contributed by atoms with Gasteiger partial charge in [-0.2, -0.15) is 0 Å². The van der Waals surface area contributed by atoms with Gasteiger partial charge >= 0.3 is 0 Å². The van der Waals surface area contributed by atoms with Crippen LogP contribution in [0.3, 0.4) is 0 Å². The predicted octanol–water partition coefficient (Wildman–Crippen LogP) is 3.61. The third-order valence-corrected chi connectivity index (χ3v) is 7.05. The van der Waals surface area contributed by atoms with Crippen molar-refractivity contribution in [2.45, 2.75) is 24.5 Å². The average Bonchev–Trinajstić information content (AvgIpc) is 2.79. The minimum atomic E-state index is -3.85. The summed E-state index contributed by atoms with van der Waals surface area (Å²) in [6, 6.07) is 23.0. The first-order valence-corrected chi connectivity index (χ1v) is 11.4. The highest BCUT2D eigenvalue weighted by molar-refractivity contribution is 7.92. The van der Waals surface area contributed by atoms with Crippen molar-refractivity contribution in [2.24, 2.45) is 0 Å². The molecule has 0 N–H and O–H groups in total. The number of benzene rings is 3. The molecule has 31 heavy (non-hydrogen) atoms. The Labute approximate surface area is 182 Å². The van der Waals surface area contributed by atoms with Crippen molar-refractivity contribution in [3.05, 3.63) is 90.0 Å². The zero-order chi connectivity index (χ0) is 22.0. The lowest BCUT2D eigenvalue weighted by molar-refractivity contribution is -0.137. The van der Waals surface area contributed by atoms with Crippen LogP contribution in [0.4, 0.5) is 5.69 Å². The van der Waals surface area contributed by atoms with Gasteiger partial charge in [-0.3, -0.25) is 9.10 Å². The van der Waals surface area contributed by atoms with Gasteiger partial charge in [0.1, 0.15) is 5.75 Å². The normalized spacial score (nSPS) is 15.7. The van der Waals surface area contributed by atoms with Gasteiger partial charge in [-0.05, 0) is 36.8 Å². The van der Waals surface area contributed by atoms with Crippen molar-refractivity contribution in [1.82, 2.24) is 4.90 Å². The third-order valence-electron chi connectivity index (χ3n) is 5.26. The first kappa shape index (κ1) is 20.9. The minimum absolute atomic E-state index is 0.0920. The summed E-state index contributed by atoms with van der Waals surface area (Å²) in [6.07, 6.45) is -0.941. The van der Waals surface area contributed by atoms with E-state index < -0.39 is 16.1 Å². The molecule has 3 aromatic carbocycles. The molecule has 0 aliphatic carbocycles. The number of para-hydroxylation sites is 2. The SMILES string of the molecule is Cc1ccc(CN(C)C(=O)[C@@H]2CN(S(=O)(=O)c3ccccc3)c3ccccc3O2)cc1. The first-order valence-electron chi connectivity index (χ1n) is 10.0. The maximum Gasteiger partial charge on any atom is 0.265 e. The van der Waals surface area contributed by atoms with Crippen LogP contribution in [0.2, 0.25) is 0 Å². The highest BCUT2D eigenvalue weighted by Crippen LogP contribution is 2.37. The van der Waals surface area contributed by atoms with E-state index in [0.717, 1.165) is 11.1 Å². The second kappa shape index (κ2) is 8.43. The van der Waals surface area contributed by atoms with Crippen LogP contribution in [0.5, 0.6) is 5.75 Å². The summed E-state index contributed by atoms with van der Waals surface area (Å²) < 4.78 is 33.9. The van der Waals surface area contributed by atoms with Crippen molar-refractivity contribution >= 4 is 21.6 Å². The Morgan fingerprint density at radius 3 is 2.35 bits per heavy atom. The second-order valence-electron chi connectivity index (χ2n) is 7.60. The molecule has 0 radical (unpaired) electrons. The van der Waals surface area contributed by atoms with Crippen molar-refractivity contribution in [1.29, 1.82) is 0 Å². The van der Waals surface area contributed by atoms with Gasteiger partial charge in [0.2, 0.25) is 0 Å². The van der Waals surface area contributed by atoms with E-state index in [4.69, 9.17) is 4.74 Å². The van der Waals surface area contributed by atoms with Gasteiger partial charge in [0.15, 0.2) is 6.10 Å². The van der Waals surface area contributed by atoms with Crippen LogP contribution >= 0.6 is 0 Å². The Balaban J connectivity index is 1.62. The third kappa shape index (κ3) is 4.27. The summed E-state index contributed by atoms with van der Waals surface area (Å²) in [7, 11) is -2.15. The topological polar surface area (TPSA) is 66.9 Å². The lowest BCUT2D eigenvalue weighted by Gasteiger charge is -2.36. The van der Waals surface area contributed by atoms with Crippen LogP contribution in [-0.4, -0.2) is 38.9 Å². The van der Waals surface area contributed by atoms with Gasteiger partial charge in [-0.1, -0.05) is 60.2 Å². The summed E-state index contributed by atoms with van der Waals surface area (Å²) in [5.41, 5.74) is 2.56. The zero-order valence-corrected chi connectivity index (χ0v) is 18.2. The number of sulfonamides is 1. The van der Waals surface area contributed by atoms with Crippen molar-refractivity contribution < 1.29 is 17.9 Å². The number of fused-ring (bicyclic) bond motifs is 1. The number of aryl methyl sites for hydroxylation is 1. The van der Waals surface area contributed by atoms with Gasteiger partial charge in [-0.25, -0.2) is 8.42 Å². The summed E-state index contributed by atoms with van der Waals surface area (Å²) >= 11 is 0. The molecule has 1 aliphatic heterocycles. The van der Waals surface area contributed by atoms with Crippen LogP contribution in [0.25, 0.3) is 0 Å². The van der Waals surface area contributed by atoms with E-state index in [0.29, 0.717) is 18.0 Å². The van der Waals surface area contributed by atoms with Crippen LogP contribution < -0.4 is 9.04 Å². The zero-order valence-electron chi connectivity index (χ0n) is 17.4. The molecule has 0 fully saturated rings. The number of likely N-dealkylation sites (N-methyl/N-ethyl adjacent to an activating group) is 1. The average molecular weight is 437 g/mol. The first-order chi connectivity index (χ1) is 14.9. The molecule has 0 aromatic heterocycles. The highest BCUT2D eigenvalue weighted by Gasteiger charge is 2.38. The Kier molecular flexibility index (Phi) is 5.69. The molecule has 160 valence electrons. The fourth-order valence-corrected chi connectivity index (χ4v) is 5.07. The Hall–Kier alpha value is -3.32. The molecule has 0 spiro atoms. The minimum Gasteiger partial charge on any atom is -0.476 e. The molecule has 1 atom stereocenters. The summed E-state index contributed by atoms with van der Waals surface area (Å²) in [4.78, 5) is 14.9. The van der Waals surface area contributed by atoms with E-state index in [2.05, 4.69) is 0 Å². The fraction of sp³-hybridized carbons (Fsp3) is 0.208. The van der Waals surface area contributed by atoms with Gasteiger partial charge in [-0.15, -0.1) is 0 Å². The molecule has 0 bridgehead atoms. The Morgan fingerprint density at radius 2 is 1.65 bits per heavy atom. The number of carbonyl (C=O) groups excluding carboxylic acids is 1. The molecule has 1 aliphatic rings. The van der Waals surface area contributed by atoms with E-state index in [1.807, 2.05) is 31.2 Å². The number of hydrogen-bond donors (Lipinski definition) is 0. The number of nitrogens with zero attached hydrogens (tertiary/aromatic N) is 2. The number of rotatable bonds is 5. The van der Waals surface area contributed by atoms with E-state index in [-0.39, 0.29) is 17.3 Å². The standard InChI is InChI=1S/C24H24N2O4S/c1-18-12-14-19(15-13-18)16-25(2)24(27)23-17-26(21-10-6-7-11-22(21)30-23)31(28,29)20-8-4-3-5-9-20/h3-15,23H,16-17H2,1-2H3/t23-/m0/s1. The van der Waals surface area contributed by atoms with Crippen molar-refractivity contribution in [2.75, 3.05) is 17.9 Å². The number of hydrogen-bond acceptors (Lipinski definition) is 4. The molecule has 0 saturated carbocycles. The largest absolute Gasteiger partial charge is 0.476 e. The molecule has 3 aromatic rings. The molecule has 4 rings (SSSR count). The number of amides is 1. The molecule has 1 amide bonds. The Bertz CT molecular complexity index is 1180. The molecule has 0 unspecified atom stereocenters. The predicted molar refractivity (Wildman–Crippen MR) is 119 cm³/mol. The number of carbonyl (C=O) groups is 1. The summed E-state index contributed by atoms with van der Waals surface area (Å²) in [5.74, 6) is 0.0960. The molecular weight excluding hydrogens is 412 g/mol. The smallest absolute Gasteiger partial charge is 0.265 e. The summed E-state index contributed by atoms with van der Waals surface area (Å²) in [5, 5.41) is 0. The van der Waals surface area contributed by atoms with Gasteiger partial charge in [0.25, 0.3) is 15.9 Å². The quantitative estimate of drug-likeness (QED) is 0.613. The second-order valence-corrected chi connectivity index (χ2v) is 9.47. The number of ether oxygens (including phenoxy) is 1. The molecule has 1 heterocycles. The van der Waals surface area contributed by atoms with Crippen LogP contribution in [-0.2, 0) is 21.4 Å². The fourth-order valence-electron chi connectivity index (χ4n) is 3.57. The Morgan fingerprint density at radius 1 is 1.00 bits per heavy atom. The van der Waals surface area contributed by atoms with Gasteiger partial charge in [0, 0.05) is 13.6 Å². The molecule has 0 saturated heterocycles. The van der Waals surface area contributed by atoms with Crippen molar-refractivity contribution in [3.8, 4) is 5.75 Å². The monoisotopic (exact) mass is 436 g/mol. The van der Waals surface area contributed by atoms with Crippen molar-refractivity contribution in [3.63, 3.8) is 0 Å².